The van der Waals surface area contributed by atoms with Gasteiger partial charge in [-0.1, -0.05) is 52.4 Å². The molecule has 3 aliphatic rings. The Morgan fingerprint density at radius 1 is 0.765 bits per heavy atom. The molecule has 0 amide bonds. The van der Waals surface area contributed by atoms with E-state index in [1.807, 2.05) is 13.8 Å². The Balaban J connectivity index is 0.000000158. The van der Waals surface area contributed by atoms with Crippen molar-refractivity contribution in [2.24, 2.45) is 0 Å². The van der Waals surface area contributed by atoms with Gasteiger partial charge in [-0.3, -0.25) is 4.90 Å². The number of hydrogen-bond donors (Lipinski definition) is 1. The lowest BCUT2D eigenvalue weighted by Crippen LogP contribution is -2.44. The van der Waals surface area contributed by atoms with Gasteiger partial charge in [0.1, 0.15) is 0 Å². The minimum absolute atomic E-state index is 0.979. The standard InChI is InChI=1S/C7H14N2.C6H12.C2H6/c1-2-7(1)9-5-3-8-4-6-9;1-2-4-6-5-3-1;1-2/h7-8H,1-6H2;1-6H2;1-2H3. The second-order valence-corrected chi connectivity index (χ2v) is 5.14. The summed E-state index contributed by atoms with van der Waals surface area (Å²) in [7, 11) is 0. The SMILES string of the molecule is C1CCCCC1.C1CN(C2CC2)CCN1.CC. The maximum absolute atomic E-state index is 3.36. The summed E-state index contributed by atoms with van der Waals surface area (Å²) >= 11 is 0. The Morgan fingerprint density at radius 3 is 1.53 bits per heavy atom. The molecule has 0 aromatic carbocycles. The van der Waals surface area contributed by atoms with Gasteiger partial charge in [0.05, 0.1) is 0 Å². The molecule has 0 aromatic heterocycles. The summed E-state index contributed by atoms with van der Waals surface area (Å²) in [4.78, 5) is 2.61. The molecule has 0 aromatic rings. The highest BCUT2D eigenvalue weighted by molar-refractivity contribution is 4.86. The zero-order valence-electron chi connectivity index (χ0n) is 12.0. The van der Waals surface area contributed by atoms with Crippen molar-refractivity contribution in [2.45, 2.75) is 71.3 Å². The minimum Gasteiger partial charge on any atom is -0.314 e. The lowest BCUT2D eigenvalue weighted by molar-refractivity contribution is 0.231. The summed E-state index contributed by atoms with van der Waals surface area (Å²) in [5.41, 5.74) is 0. The van der Waals surface area contributed by atoms with Gasteiger partial charge in [0.15, 0.2) is 0 Å². The van der Waals surface area contributed by atoms with Gasteiger partial charge in [-0.25, -0.2) is 0 Å². The van der Waals surface area contributed by atoms with E-state index in [0.29, 0.717) is 0 Å². The van der Waals surface area contributed by atoms with Crippen LogP contribution in [0.2, 0.25) is 0 Å². The molecule has 1 N–H and O–H groups in total. The lowest BCUT2D eigenvalue weighted by Gasteiger charge is -2.26. The average Bonchev–Trinajstić information content (AvgIpc) is 3.29. The molecule has 2 heteroatoms. The Morgan fingerprint density at radius 2 is 1.18 bits per heavy atom. The predicted octanol–water partition coefficient (Wildman–Crippen LogP) is 3.42. The molecule has 0 spiro atoms. The largest absolute Gasteiger partial charge is 0.314 e. The summed E-state index contributed by atoms with van der Waals surface area (Å²) < 4.78 is 0. The van der Waals surface area contributed by atoms with Gasteiger partial charge in [-0.15, -0.1) is 0 Å². The molecule has 2 aliphatic carbocycles. The van der Waals surface area contributed by atoms with Crippen LogP contribution in [0.15, 0.2) is 0 Å². The highest BCUT2D eigenvalue weighted by Crippen LogP contribution is 2.26. The number of nitrogens with one attached hydrogen (secondary N) is 1. The molecule has 2 nitrogen and oxygen atoms in total. The fourth-order valence-electron chi connectivity index (χ4n) is 2.55. The number of hydrogen-bond acceptors (Lipinski definition) is 2. The first-order valence-corrected chi connectivity index (χ1v) is 7.91. The van der Waals surface area contributed by atoms with E-state index in [-0.39, 0.29) is 0 Å². The summed E-state index contributed by atoms with van der Waals surface area (Å²) in [6.45, 7) is 8.97. The van der Waals surface area contributed by atoms with Gasteiger partial charge in [-0.05, 0) is 12.8 Å². The monoisotopic (exact) mass is 240 g/mol. The van der Waals surface area contributed by atoms with E-state index in [2.05, 4.69) is 10.2 Å². The first-order chi connectivity index (χ1) is 8.47. The van der Waals surface area contributed by atoms with Crippen LogP contribution in [0.5, 0.6) is 0 Å². The summed E-state index contributed by atoms with van der Waals surface area (Å²) in [5.74, 6) is 0. The zero-order valence-corrected chi connectivity index (χ0v) is 12.0. The number of rotatable bonds is 1. The fourth-order valence-corrected chi connectivity index (χ4v) is 2.55. The lowest BCUT2D eigenvalue weighted by atomic mass is 10.0. The Kier molecular flexibility index (Phi) is 8.72. The molecule has 2 saturated carbocycles. The molecule has 1 heterocycles. The second kappa shape index (κ2) is 9.90. The molecule has 0 unspecified atom stereocenters. The normalized spacial score (nSPS) is 25.1. The van der Waals surface area contributed by atoms with Gasteiger partial charge in [0.25, 0.3) is 0 Å². The van der Waals surface area contributed by atoms with E-state index in [0.717, 1.165) is 6.04 Å². The molecule has 0 bridgehead atoms. The molecule has 3 fully saturated rings. The third-order valence-corrected chi connectivity index (χ3v) is 3.71. The Labute approximate surface area is 108 Å². The molecular weight excluding hydrogens is 208 g/mol. The van der Waals surface area contributed by atoms with Crippen molar-refractivity contribution in [2.75, 3.05) is 26.2 Å². The van der Waals surface area contributed by atoms with E-state index in [1.165, 1.54) is 77.5 Å². The van der Waals surface area contributed by atoms with Crippen LogP contribution < -0.4 is 5.32 Å². The molecule has 1 saturated heterocycles. The van der Waals surface area contributed by atoms with Gasteiger partial charge in [0, 0.05) is 32.2 Å². The molecule has 102 valence electrons. The van der Waals surface area contributed by atoms with E-state index in [1.54, 1.807) is 0 Å². The molecule has 0 atom stereocenters. The van der Waals surface area contributed by atoms with Gasteiger partial charge < -0.3 is 5.32 Å². The van der Waals surface area contributed by atoms with Gasteiger partial charge in [0.2, 0.25) is 0 Å². The fraction of sp³-hybridized carbons (Fsp3) is 1.00. The summed E-state index contributed by atoms with van der Waals surface area (Å²) in [6.07, 6.45) is 11.9. The maximum Gasteiger partial charge on any atom is 0.0110 e. The highest BCUT2D eigenvalue weighted by atomic mass is 15.2. The highest BCUT2D eigenvalue weighted by Gasteiger charge is 2.28. The topological polar surface area (TPSA) is 15.3 Å². The van der Waals surface area contributed by atoms with E-state index in [9.17, 15) is 0 Å². The molecular formula is C15H32N2. The van der Waals surface area contributed by atoms with Crippen molar-refractivity contribution in [1.29, 1.82) is 0 Å². The average molecular weight is 240 g/mol. The van der Waals surface area contributed by atoms with Crippen LogP contribution in [0.25, 0.3) is 0 Å². The molecule has 3 rings (SSSR count). The van der Waals surface area contributed by atoms with E-state index < -0.39 is 0 Å². The van der Waals surface area contributed by atoms with Crippen molar-refractivity contribution in [3.05, 3.63) is 0 Å². The predicted molar refractivity (Wildman–Crippen MR) is 76.5 cm³/mol. The van der Waals surface area contributed by atoms with Gasteiger partial charge >= 0.3 is 0 Å². The smallest absolute Gasteiger partial charge is 0.0110 e. The van der Waals surface area contributed by atoms with E-state index in [4.69, 9.17) is 0 Å². The molecule has 17 heavy (non-hydrogen) atoms. The van der Waals surface area contributed by atoms with Crippen LogP contribution in [0.4, 0.5) is 0 Å². The van der Waals surface area contributed by atoms with Gasteiger partial charge in [-0.2, -0.15) is 0 Å². The van der Waals surface area contributed by atoms with Crippen LogP contribution in [-0.4, -0.2) is 37.1 Å². The number of piperazine rings is 1. The van der Waals surface area contributed by atoms with Crippen LogP contribution in [0.3, 0.4) is 0 Å². The van der Waals surface area contributed by atoms with E-state index >= 15 is 0 Å². The van der Waals surface area contributed by atoms with Crippen molar-refractivity contribution >= 4 is 0 Å². The van der Waals surface area contributed by atoms with Crippen LogP contribution in [0.1, 0.15) is 65.2 Å². The first-order valence-electron chi connectivity index (χ1n) is 7.91. The third kappa shape index (κ3) is 7.05. The van der Waals surface area contributed by atoms with Crippen molar-refractivity contribution in [1.82, 2.24) is 10.2 Å². The Hall–Kier alpha value is -0.0800. The van der Waals surface area contributed by atoms with Crippen molar-refractivity contribution in [3.63, 3.8) is 0 Å². The number of nitrogens with zero attached hydrogens (tertiary/aromatic N) is 1. The third-order valence-electron chi connectivity index (χ3n) is 3.71. The zero-order chi connectivity index (χ0) is 12.3. The van der Waals surface area contributed by atoms with Crippen LogP contribution in [0, 0.1) is 0 Å². The van der Waals surface area contributed by atoms with Crippen LogP contribution >= 0.6 is 0 Å². The molecule has 0 radical (unpaired) electrons. The second-order valence-electron chi connectivity index (χ2n) is 5.14. The van der Waals surface area contributed by atoms with Crippen molar-refractivity contribution < 1.29 is 0 Å². The summed E-state index contributed by atoms with van der Waals surface area (Å²) in [5, 5.41) is 3.36. The Bertz CT molecular complexity index is 145. The van der Waals surface area contributed by atoms with Crippen molar-refractivity contribution in [3.8, 4) is 0 Å². The minimum atomic E-state index is 0.979. The quantitative estimate of drug-likeness (QED) is 0.755. The molecule has 1 aliphatic heterocycles. The van der Waals surface area contributed by atoms with Crippen LogP contribution in [-0.2, 0) is 0 Å². The summed E-state index contributed by atoms with van der Waals surface area (Å²) in [6, 6.07) is 0.979. The first kappa shape index (κ1) is 15.0. The maximum atomic E-state index is 3.36.